The molecule has 12 heavy (non-hydrogen) atoms. The molecule has 1 heterocycles. The van der Waals surface area contributed by atoms with Crippen LogP contribution in [0.15, 0.2) is 23.5 Å². The average molecular weight is 164 g/mol. The average Bonchev–Trinajstić information content (AvgIpc) is 2.44. The van der Waals surface area contributed by atoms with Crippen molar-refractivity contribution < 1.29 is 9.53 Å². The Morgan fingerprint density at radius 3 is 3.25 bits per heavy atom. The second-order valence-corrected chi connectivity index (χ2v) is 3.22. The van der Waals surface area contributed by atoms with Gasteiger partial charge in [-0.2, -0.15) is 0 Å². The van der Waals surface area contributed by atoms with E-state index in [0.29, 0.717) is 0 Å². The third-order valence-electron chi connectivity index (χ3n) is 2.51. The largest absolute Gasteiger partial charge is 0.427 e. The zero-order chi connectivity index (χ0) is 8.55. The Balaban J connectivity index is 2.36. The van der Waals surface area contributed by atoms with Crippen molar-refractivity contribution in [3.05, 3.63) is 23.5 Å². The van der Waals surface area contributed by atoms with Crippen molar-refractivity contribution in [1.29, 1.82) is 0 Å². The SMILES string of the molecule is CC=C1OC(=O)C2=CCCCC12. The van der Waals surface area contributed by atoms with Gasteiger partial charge in [0.15, 0.2) is 0 Å². The highest BCUT2D eigenvalue weighted by Gasteiger charge is 2.35. The smallest absolute Gasteiger partial charge is 0.339 e. The number of carbonyl (C=O) groups is 1. The van der Waals surface area contributed by atoms with Crippen LogP contribution in [0.3, 0.4) is 0 Å². The summed E-state index contributed by atoms with van der Waals surface area (Å²) in [6, 6.07) is 0. The summed E-state index contributed by atoms with van der Waals surface area (Å²) < 4.78 is 5.11. The first-order chi connectivity index (χ1) is 5.83. The number of hydrogen-bond acceptors (Lipinski definition) is 2. The van der Waals surface area contributed by atoms with E-state index in [-0.39, 0.29) is 11.9 Å². The van der Waals surface area contributed by atoms with E-state index >= 15 is 0 Å². The maximum Gasteiger partial charge on any atom is 0.339 e. The molecule has 0 saturated carbocycles. The summed E-state index contributed by atoms with van der Waals surface area (Å²) in [6.07, 6.45) is 7.18. The van der Waals surface area contributed by atoms with Gasteiger partial charge in [0.05, 0.1) is 0 Å². The van der Waals surface area contributed by atoms with Crippen molar-refractivity contribution in [2.75, 3.05) is 0 Å². The highest BCUT2D eigenvalue weighted by Crippen LogP contribution is 2.37. The highest BCUT2D eigenvalue weighted by molar-refractivity contribution is 5.93. The fraction of sp³-hybridized carbons (Fsp3) is 0.500. The van der Waals surface area contributed by atoms with Crippen molar-refractivity contribution in [2.24, 2.45) is 5.92 Å². The summed E-state index contributed by atoms with van der Waals surface area (Å²) in [6.45, 7) is 1.92. The predicted molar refractivity (Wildman–Crippen MR) is 45.3 cm³/mol. The fourth-order valence-electron chi connectivity index (χ4n) is 1.90. The zero-order valence-corrected chi connectivity index (χ0v) is 7.17. The Morgan fingerprint density at radius 2 is 2.50 bits per heavy atom. The summed E-state index contributed by atoms with van der Waals surface area (Å²) in [5.41, 5.74) is 0.884. The van der Waals surface area contributed by atoms with Crippen LogP contribution < -0.4 is 0 Å². The third kappa shape index (κ3) is 0.986. The standard InChI is InChI=1S/C10H12O2/c1-2-9-7-5-3-4-6-8(7)10(11)12-9/h2,6-7H,3-5H2,1H3. The van der Waals surface area contributed by atoms with Gasteiger partial charge >= 0.3 is 5.97 Å². The van der Waals surface area contributed by atoms with Crippen LogP contribution in [0.25, 0.3) is 0 Å². The number of ether oxygens (including phenoxy) is 1. The summed E-state index contributed by atoms with van der Waals surface area (Å²) in [7, 11) is 0. The first kappa shape index (κ1) is 7.59. The number of fused-ring (bicyclic) bond motifs is 1. The lowest BCUT2D eigenvalue weighted by Crippen LogP contribution is -2.06. The van der Waals surface area contributed by atoms with E-state index in [9.17, 15) is 4.79 Å². The van der Waals surface area contributed by atoms with Crippen LogP contribution in [0.4, 0.5) is 0 Å². The number of hydrogen-bond donors (Lipinski definition) is 0. The Bertz CT molecular complexity index is 274. The Labute approximate surface area is 71.9 Å². The van der Waals surface area contributed by atoms with Crippen molar-refractivity contribution in [3.8, 4) is 0 Å². The monoisotopic (exact) mass is 164 g/mol. The van der Waals surface area contributed by atoms with Gasteiger partial charge in [-0.15, -0.1) is 0 Å². The third-order valence-corrected chi connectivity index (χ3v) is 2.51. The minimum Gasteiger partial charge on any atom is -0.427 e. The Hall–Kier alpha value is -1.05. The number of rotatable bonds is 0. The molecule has 2 nitrogen and oxygen atoms in total. The van der Waals surface area contributed by atoms with Crippen LogP contribution in [-0.2, 0) is 9.53 Å². The second-order valence-electron chi connectivity index (χ2n) is 3.22. The van der Waals surface area contributed by atoms with Gasteiger partial charge in [0.25, 0.3) is 0 Å². The minimum absolute atomic E-state index is 0.132. The highest BCUT2D eigenvalue weighted by atomic mass is 16.5. The second kappa shape index (κ2) is 2.77. The molecule has 2 rings (SSSR count). The summed E-state index contributed by atoms with van der Waals surface area (Å²) in [5.74, 6) is 0.995. The van der Waals surface area contributed by atoms with E-state index in [1.165, 1.54) is 6.42 Å². The lowest BCUT2D eigenvalue weighted by molar-refractivity contribution is -0.132. The molecule has 1 atom stereocenters. The summed E-state index contributed by atoms with van der Waals surface area (Å²) >= 11 is 0. The molecule has 64 valence electrons. The van der Waals surface area contributed by atoms with Crippen LogP contribution in [0.1, 0.15) is 26.2 Å². The molecular formula is C10H12O2. The predicted octanol–water partition coefficient (Wildman–Crippen LogP) is 2.17. The summed E-state index contributed by atoms with van der Waals surface area (Å²) in [5, 5.41) is 0. The quantitative estimate of drug-likeness (QED) is 0.513. The number of cyclic esters (lactones) is 1. The fourth-order valence-corrected chi connectivity index (χ4v) is 1.90. The summed E-state index contributed by atoms with van der Waals surface area (Å²) in [4.78, 5) is 11.2. The molecule has 0 aromatic heterocycles. The molecule has 1 unspecified atom stereocenters. The van der Waals surface area contributed by atoms with Crippen LogP contribution in [0, 0.1) is 5.92 Å². The number of carbonyl (C=O) groups excluding carboxylic acids is 1. The normalized spacial score (nSPS) is 31.4. The minimum atomic E-state index is -0.132. The van der Waals surface area contributed by atoms with Gasteiger partial charge in [0.2, 0.25) is 0 Å². The van der Waals surface area contributed by atoms with Gasteiger partial charge in [-0.3, -0.25) is 0 Å². The molecule has 1 aliphatic carbocycles. The maximum atomic E-state index is 11.2. The van der Waals surface area contributed by atoms with E-state index in [0.717, 1.165) is 24.2 Å². The molecule has 2 heteroatoms. The van der Waals surface area contributed by atoms with E-state index in [1.807, 2.05) is 19.1 Å². The molecule has 1 aliphatic heterocycles. The van der Waals surface area contributed by atoms with Gasteiger partial charge < -0.3 is 4.74 Å². The van der Waals surface area contributed by atoms with Gasteiger partial charge in [-0.05, 0) is 32.3 Å². The van der Waals surface area contributed by atoms with Crippen molar-refractivity contribution >= 4 is 5.97 Å². The lowest BCUT2D eigenvalue weighted by atomic mass is 9.88. The van der Waals surface area contributed by atoms with Crippen LogP contribution in [-0.4, -0.2) is 5.97 Å². The van der Waals surface area contributed by atoms with Crippen molar-refractivity contribution in [1.82, 2.24) is 0 Å². The van der Waals surface area contributed by atoms with E-state index < -0.39 is 0 Å². The van der Waals surface area contributed by atoms with Gasteiger partial charge in [0, 0.05) is 11.5 Å². The van der Waals surface area contributed by atoms with Gasteiger partial charge in [-0.1, -0.05) is 6.08 Å². The van der Waals surface area contributed by atoms with E-state index in [2.05, 4.69) is 0 Å². The molecule has 0 aromatic rings. The Kier molecular flexibility index (Phi) is 1.75. The molecule has 1 saturated heterocycles. The first-order valence-corrected chi connectivity index (χ1v) is 4.41. The molecular weight excluding hydrogens is 152 g/mol. The molecule has 0 spiro atoms. The van der Waals surface area contributed by atoms with E-state index in [1.54, 1.807) is 0 Å². The zero-order valence-electron chi connectivity index (χ0n) is 7.17. The van der Waals surface area contributed by atoms with E-state index in [4.69, 9.17) is 4.74 Å². The molecule has 0 radical (unpaired) electrons. The van der Waals surface area contributed by atoms with Crippen molar-refractivity contribution in [2.45, 2.75) is 26.2 Å². The molecule has 0 bridgehead atoms. The van der Waals surface area contributed by atoms with Crippen LogP contribution in [0.5, 0.6) is 0 Å². The number of allylic oxidation sites excluding steroid dienone is 3. The van der Waals surface area contributed by atoms with Crippen LogP contribution in [0.2, 0.25) is 0 Å². The molecule has 0 N–H and O–H groups in total. The molecule has 1 fully saturated rings. The Morgan fingerprint density at radius 1 is 1.67 bits per heavy atom. The molecule has 2 aliphatic rings. The topological polar surface area (TPSA) is 26.3 Å². The molecule has 0 aromatic carbocycles. The van der Waals surface area contributed by atoms with Crippen molar-refractivity contribution in [3.63, 3.8) is 0 Å². The first-order valence-electron chi connectivity index (χ1n) is 4.41. The lowest BCUT2D eigenvalue weighted by Gasteiger charge is -2.13. The van der Waals surface area contributed by atoms with Gasteiger partial charge in [0.1, 0.15) is 5.76 Å². The number of esters is 1. The molecule has 0 amide bonds. The maximum absolute atomic E-state index is 11.2. The van der Waals surface area contributed by atoms with Crippen LogP contribution >= 0.6 is 0 Å². The van der Waals surface area contributed by atoms with Gasteiger partial charge in [-0.25, -0.2) is 4.79 Å².